The summed E-state index contributed by atoms with van der Waals surface area (Å²) in [6.45, 7) is 2.18. The van der Waals surface area contributed by atoms with Crippen molar-refractivity contribution in [1.29, 1.82) is 0 Å². The molecule has 0 bridgehead atoms. The third-order valence-corrected chi connectivity index (χ3v) is 3.22. The minimum atomic E-state index is -2.09. The fraction of sp³-hybridized carbons (Fsp3) is 0.800. The van der Waals surface area contributed by atoms with E-state index in [0.717, 1.165) is 19.3 Å². The molecule has 0 fully saturated rings. The van der Waals surface area contributed by atoms with E-state index in [1.165, 1.54) is 32.1 Å². The van der Waals surface area contributed by atoms with Crippen molar-refractivity contribution in [3.05, 3.63) is 0 Å². The number of carboxylic acid groups (broad SMARTS) is 2. The molecule has 0 aliphatic heterocycles. The van der Waals surface area contributed by atoms with Crippen molar-refractivity contribution in [2.75, 3.05) is 0 Å². The molecule has 0 amide bonds. The van der Waals surface area contributed by atoms with E-state index in [-0.39, 0.29) is 65.5 Å². The molecule has 0 aromatic rings. The van der Waals surface area contributed by atoms with Crippen molar-refractivity contribution in [2.45, 2.75) is 77.2 Å². The van der Waals surface area contributed by atoms with Crippen molar-refractivity contribution in [3.63, 3.8) is 0 Å². The molecule has 0 aromatic heterocycles. The number of carbonyl (C=O) groups excluding carboxylic acids is 1. The van der Waals surface area contributed by atoms with Gasteiger partial charge >= 0.3 is 65.1 Å². The Morgan fingerprint density at radius 1 is 0.913 bits per heavy atom. The van der Waals surface area contributed by atoms with Gasteiger partial charge in [0.15, 0.2) is 6.04 Å². The standard InChI is InChI=1S/C15H27NO5.2Na/c1-2-3-4-5-6-7-8-9-10-11-12(17)16-13(14(18)19)15(20)21;;/h13H,2-11H2,1H3,(H,16,17)(H,18,19)(H,20,21);;/q;2*+1/p-2. The number of hydrogen-bond donors (Lipinski definition) is 1. The van der Waals surface area contributed by atoms with Gasteiger partial charge in [-0.15, -0.1) is 0 Å². The van der Waals surface area contributed by atoms with Gasteiger partial charge in [-0.2, -0.15) is 0 Å². The fourth-order valence-corrected chi connectivity index (χ4v) is 2.00. The average molecular weight is 345 g/mol. The third kappa shape index (κ3) is 17.0. The van der Waals surface area contributed by atoms with Crippen LogP contribution in [0.2, 0.25) is 0 Å². The Morgan fingerprint density at radius 2 is 1.35 bits per heavy atom. The van der Waals surface area contributed by atoms with Gasteiger partial charge in [-0.25, -0.2) is 4.79 Å². The van der Waals surface area contributed by atoms with E-state index in [4.69, 9.17) is 5.11 Å². The summed E-state index contributed by atoms with van der Waals surface area (Å²) in [5.41, 5.74) is 0. The van der Waals surface area contributed by atoms with Crippen LogP contribution in [0.1, 0.15) is 71.1 Å². The number of unbranched alkanes of at least 4 members (excludes halogenated alkanes) is 8. The van der Waals surface area contributed by atoms with Crippen molar-refractivity contribution in [3.8, 4) is 0 Å². The van der Waals surface area contributed by atoms with Gasteiger partial charge in [-0.3, -0.25) is 4.99 Å². The van der Waals surface area contributed by atoms with Crippen LogP contribution in [0.15, 0.2) is 4.99 Å². The Hall–Kier alpha value is 0.410. The average Bonchev–Trinajstić information content (AvgIpc) is 2.42. The van der Waals surface area contributed by atoms with Crippen molar-refractivity contribution in [2.24, 2.45) is 4.99 Å². The SMILES string of the molecule is CCCCCCCCCCCC([O-])=NC(C(=O)[O-])C(=O)O.[Na+].[Na+]. The van der Waals surface area contributed by atoms with Gasteiger partial charge in [0.1, 0.15) is 0 Å². The molecule has 0 rings (SSSR count). The van der Waals surface area contributed by atoms with Gasteiger partial charge < -0.3 is 20.1 Å². The second kappa shape index (κ2) is 18.7. The summed E-state index contributed by atoms with van der Waals surface area (Å²) in [4.78, 5) is 24.1. The Labute approximate surface area is 182 Å². The first-order chi connectivity index (χ1) is 9.99. The van der Waals surface area contributed by atoms with Gasteiger partial charge in [0.2, 0.25) is 0 Å². The third-order valence-electron chi connectivity index (χ3n) is 3.22. The van der Waals surface area contributed by atoms with Crippen molar-refractivity contribution in [1.82, 2.24) is 0 Å². The zero-order chi connectivity index (χ0) is 16.1. The molecule has 1 N–H and O–H groups in total. The molecule has 0 aromatic carbocycles. The monoisotopic (exact) mass is 345 g/mol. The van der Waals surface area contributed by atoms with Crippen LogP contribution in [0.5, 0.6) is 0 Å². The van der Waals surface area contributed by atoms with Crippen molar-refractivity contribution < 1.29 is 84.0 Å². The molecule has 0 spiro atoms. The van der Waals surface area contributed by atoms with Crippen LogP contribution in [0.3, 0.4) is 0 Å². The summed E-state index contributed by atoms with van der Waals surface area (Å²) < 4.78 is 0. The summed E-state index contributed by atoms with van der Waals surface area (Å²) >= 11 is 0. The second-order valence-electron chi connectivity index (χ2n) is 5.16. The fourth-order valence-electron chi connectivity index (χ4n) is 2.00. The minimum absolute atomic E-state index is 0. The van der Waals surface area contributed by atoms with Crippen LogP contribution in [-0.4, -0.2) is 29.0 Å². The van der Waals surface area contributed by atoms with Crippen LogP contribution < -0.4 is 69.3 Å². The Bertz CT molecular complexity index is 337. The maximum atomic E-state index is 11.3. The first-order valence-corrected chi connectivity index (χ1v) is 7.66. The van der Waals surface area contributed by atoms with Gasteiger partial charge in [-0.05, 0) is 18.7 Å². The first kappa shape index (κ1) is 28.2. The molecule has 0 aliphatic carbocycles. The maximum absolute atomic E-state index is 11.3. The number of carboxylic acids is 2. The van der Waals surface area contributed by atoms with E-state index in [0.29, 0.717) is 6.42 Å². The first-order valence-electron chi connectivity index (χ1n) is 7.66. The summed E-state index contributed by atoms with van der Waals surface area (Å²) in [7, 11) is 0. The largest absolute Gasteiger partial charge is 1.00 e. The van der Waals surface area contributed by atoms with E-state index in [2.05, 4.69) is 11.9 Å². The zero-order valence-corrected chi connectivity index (χ0v) is 18.7. The molecule has 0 aliphatic rings. The molecule has 6 nitrogen and oxygen atoms in total. The van der Waals surface area contributed by atoms with E-state index in [9.17, 15) is 19.8 Å². The van der Waals surface area contributed by atoms with Crippen LogP contribution in [0.25, 0.3) is 0 Å². The number of rotatable bonds is 13. The topological polar surface area (TPSA) is 113 Å². The van der Waals surface area contributed by atoms with Crippen LogP contribution in [0, 0.1) is 0 Å². The summed E-state index contributed by atoms with van der Waals surface area (Å²) in [5.74, 6) is -4.21. The number of carbonyl (C=O) groups is 2. The van der Waals surface area contributed by atoms with Gasteiger partial charge in [0, 0.05) is 0 Å². The van der Waals surface area contributed by atoms with E-state index in [1.54, 1.807) is 0 Å². The quantitative estimate of drug-likeness (QED) is 0.118. The maximum Gasteiger partial charge on any atom is 1.00 e. The number of aliphatic imine (C=N–C) groups is 1. The summed E-state index contributed by atoms with van der Waals surface area (Å²) in [6, 6.07) is -2.09. The Kier molecular flexibility index (Phi) is 23.0. The normalized spacial score (nSPS) is 12.0. The number of nitrogens with zero attached hydrogens (tertiary/aromatic N) is 1. The number of hydrogen-bond acceptors (Lipinski definition) is 5. The van der Waals surface area contributed by atoms with E-state index < -0.39 is 23.9 Å². The Balaban J connectivity index is -0.00000200. The Morgan fingerprint density at radius 3 is 1.74 bits per heavy atom. The van der Waals surface area contributed by atoms with Crippen LogP contribution in [0.4, 0.5) is 0 Å². The number of aliphatic carboxylic acids is 2. The molecule has 0 radical (unpaired) electrons. The van der Waals surface area contributed by atoms with Gasteiger partial charge in [0.05, 0.1) is 5.97 Å². The van der Waals surface area contributed by atoms with Gasteiger partial charge in [0.25, 0.3) is 0 Å². The predicted molar refractivity (Wildman–Crippen MR) is 75.7 cm³/mol. The van der Waals surface area contributed by atoms with Gasteiger partial charge in [-0.1, -0.05) is 58.3 Å². The summed E-state index contributed by atoms with van der Waals surface area (Å²) in [6.07, 6.45) is 9.95. The molecule has 8 heteroatoms. The molecule has 0 saturated carbocycles. The summed E-state index contributed by atoms with van der Waals surface area (Å²) in [5, 5.41) is 30.4. The molecule has 1 unspecified atom stereocenters. The molecule has 1 atom stereocenters. The van der Waals surface area contributed by atoms with Crippen molar-refractivity contribution >= 4 is 17.8 Å². The van der Waals surface area contributed by atoms with E-state index >= 15 is 0 Å². The molecule has 0 saturated heterocycles. The van der Waals surface area contributed by atoms with Crippen LogP contribution in [-0.2, 0) is 9.59 Å². The predicted octanol–water partition coefficient (Wildman–Crippen LogP) is -5.12. The molecular formula is C15H25NNa2O5. The zero-order valence-electron chi connectivity index (χ0n) is 14.7. The smallest absolute Gasteiger partial charge is 0.862 e. The minimum Gasteiger partial charge on any atom is -0.862 e. The second-order valence-corrected chi connectivity index (χ2v) is 5.16. The molecular weight excluding hydrogens is 320 g/mol. The van der Waals surface area contributed by atoms with E-state index in [1.807, 2.05) is 0 Å². The van der Waals surface area contributed by atoms with Crippen LogP contribution >= 0.6 is 0 Å². The molecule has 122 valence electrons. The molecule has 0 heterocycles. The molecule has 23 heavy (non-hydrogen) atoms.